The molecule has 0 bridgehead atoms. The lowest BCUT2D eigenvalue weighted by Gasteiger charge is -2.26. The molecule has 2 aromatic rings. The molecule has 3 rings (SSSR count). The molecule has 1 aliphatic carbocycles. The van der Waals surface area contributed by atoms with E-state index in [1.54, 1.807) is 36.4 Å². The quantitative estimate of drug-likeness (QED) is 0.705. The zero-order chi connectivity index (χ0) is 18.5. The number of hydrogen-bond acceptors (Lipinski definition) is 3. The lowest BCUT2D eigenvalue weighted by Crippen LogP contribution is -2.37. The second-order valence-electron chi connectivity index (χ2n) is 6.19. The van der Waals surface area contributed by atoms with Crippen molar-refractivity contribution < 1.29 is 14.7 Å². The van der Waals surface area contributed by atoms with Gasteiger partial charge in [-0.05, 0) is 49.2 Å². The maximum absolute atomic E-state index is 12.7. The number of anilines is 2. The Hall–Kier alpha value is -2.79. The summed E-state index contributed by atoms with van der Waals surface area (Å²) in [6.07, 6.45) is 4.82. The van der Waals surface area contributed by atoms with E-state index in [0.717, 1.165) is 0 Å². The molecule has 0 fully saturated rings. The summed E-state index contributed by atoms with van der Waals surface area (Å²) in [6.45, 7) is 0. The molecular weight excluding hydrogens is 352 g/mol. The maximum Gasteiger partial charge on any atom is 0.228 e. The second-order valence-corrected chi connectivity index (χ2v) is 6.63. The molecule has 0 heterocycles. The van der Waals surface area contributed by atoms with Gasteiger partial charge in [0.2, 0.25) is 11.8 Å². The average Bonchev–Trinajstić information content (AvgIpc) is 2.63. The van der Waals surface area contributed by atoms with Crippen LogP contribution in [0.3, 0.4) is 0 Å². The highest BCUT2D eigenvalue weighted by atomic mass is 35.5. The number of rotatable bonds is 4. The Labute approximate surface area is 156 Å². The van der Waals surface area contributed by atoms with Gasteiger partial charge >= 0.3 is 0 Å². The largest absolute Gasteiger partial charge is 0.508 e. The molecule has 26 heavy (non-hydrogen) atoms. The summed E-state index contributed by atoms with van der Waals surface area (Å²) in [5.74, 6) is -1.31. The standard InChI is InChI=1S/C20H19ClN2O3/c21-13-8-10-14(11-9-13)22-19(25)17-6-1-2-7-18(17)20(26)23-15-4-3-5-16(24)12-15/h1-5,8-12,17-18,24H,6-7H2,(H,22,25)(H,23,26). The number of hydrogen-bond donors (Lipinski definition) is 3. The van der Waals surface area contributed by atoms with Gasteiger partial charge in [0.05, 0.1) is 11.8 Å². The Balaban J connectivity index is 1.70. The normalized spacial score (nSPS) is 19.0. The van der Waals surface area contributed by atoms with E-state index in [9.17, 15) is 14.7 Å². The summed E-state index contributed by atoms with van der Waals surface area (Å²) in [4.78, 5) is 25.3. The van der Waals surface area contributed by atoms with Gasteiger partial charge in [0.1, 0.15) is 5.75 Å². The number of benzene rings is 2. The number of carbonyl (C=O) groups excluding carboxylic acids is 2. The second kappa shape index (κ2) is 8.06. The number of halogens is 1. The Kier molecular flexibility index (Phi) is 5.58. The SMILES string of the molecule is O=C(Nc1ccc(Cl)cc1)C1CC=CCC1C(=O)Nc1cccc(O)c1. The van der Waals surface area contributed by atoms with Gasteiger partial charge < -0.3 is 15.7 Å². The number of nitrogens with one attached hydrogen (secondary N) is 2. The molecule has 6 heteroatoms. The Morgan fingerprint density at radius 2 is 1.46 bits per heavy atom. The van der Waals surface area contributed by atoms with Crippen molar-refractivity contribution in [3.05, 3.63) is 65.7 Å². The molecule has 2 aromatic carbocycles. The van der Waals surface area contributed by atoms with E-state index < -0.39 is 11.8 Å². The predicted octanol–water partition coefficient (Wildman–Crippen LogP) is 4.21. The van der Waals surface area contributed by atoms with E-state index in [2.05, 4.69) is 10.6 Å². The summed E-state index contributed by atoms with van der Waals surface area (Å²) in [6, 6.07) is 13.2. The van der Waals surface area contributed by atoms with E-state index in [1.807, 2.05) is 12.2 Å². The zero-order valence-corrected chi connectivity index (χ0v) is 14.7. The molecule has 0 aliphatic heterocycles. The Bertz CT molecular complexity index is 833. The lowest BCUT2D eigenvalue weighted by molar-refractivity contribution is -0.129. The third-order valence-electron chi connectivity index (χ3n) is 4.33. The number of amides is 2. The Morgan fingerprint density at radius 3 is 2.04 bits per heavy atom. The van der Waals surface area contributed by atoms with E-state index in [-0.39, 0.29) is 17.6 Å². The molecule has 134 valence electrons. The van der Waals surface area contributed by atoms with E-state index in [1.165, 1.54) is 12.1 Å². The summed E-state index contributed by atoms with van der Waals surface area (Å²) in [5.41, 5.74) is 1.14. The topological polar surface area (TPSA) is 78.4 Å². The van der Waals surface area contributed by atoms with Crippen molar-refractivity contribution in [2.75, 3.05) is 10.6 Å². The smallest absolute Gasteiger partial charge is 0.228 e. The third kappa shape index (κ3) is 4.43. The molecule has 2 unspecified atom stereocenters. The number of phenols is 1. The third-order valence-corrected chi connectivity index (χ3v) is 4.58. The van der Waals surface area contributed by atoms with Crippen LogP contribution in [0.5, 0.6) is 5.75 Å². The van der Waals surface area contributed by atoms with Crippen LogP contribution in [-0.2, 0) is 9.59 Å². The van der Waals surface area contributed by atoms with Crippen LogP contribution < -0.4 is 10.6 Å². The molecule has 0 spiro atoms. The highest BCUT2D eigenvalue weighted by Crippen LogP contribution is 2.29. The predicted molar refractivity (Wildman–Crippen MR) is 102 cm³/mol. The van der Waals surface area contributed by atoms with Gasteiger partial charge in [-0.15, -0.1) is 0 Å². The molecule has 0 saturated carbocycles. The fraction of sp³-hybridized carbons (Fsp3) is 0.200. The van der Waals surface area contributed by atoms with Crippen LogP contribution >= 0.6 is 11.6 Å². The van der Waals surface area contributed by atoms with Crippen LogP contribution in [0.25, 0.3) is 0 Å². The molecule has 5 nitrogen and oxygen atoms in total. The number of phenolic OH excluding ortho intramolecular Hbond substituents is 1. The monoisotopic (exact) mass is 370 g/mol. The number of aromatic hydroxyl groups is 1. The molecule has 0 saturated heterocycles. The van der Waals surface area contributed by atoms with Crippen LogP contribution in [-0.4, -0.2) is 16.9 Å². The minimum Gasteiger partial charge on any atom is -0.508 e. The van der Waals surface area contributed by atoms with Gasteiger partial charge in [-0.2, -0.15) is 0 Å². The van der Waals surface area contributed by atoms with Gasteiger partial charge in [-0.3, -0.25) is 9.59 Å². The first-order valence-electron chi connectivity index (χ1n) is 8.34. The van der Waals surface area contributed by atoms with Crippen molar-refractivity contribution >= 4 is 34.8 Å². The lowest BCUT2D eigenvalue weighted by atomic mass is 9.81. The van der Waals surface area contributed by atoms with Crippen molar-refractivity contribution in [1.82, 2.24) is 0 Å². The number of carbonyl (C=O) groups is 2. The summed E-state index contributed by atoms with van der Waals surface area (Å²) in [5, 5.41) is 15.7. The Morgan fingerprint density at radius 1 is 0.885 bits per heavy atom. The fourth-order valence-electron chi connectivity index (χ4n) is 2.98. The van der Waals surface area contributed by atoms with Crippen molar-refractivity contribution in [1.29, 1.82) is 0 Å². The fourth-order valence-corrected chi connectivity index (χ4v) is 3.11. The van der Waals surface area contributed by atoms with Crippen LogP contribution in [0.1, 0.15) is 12.8 Å². The summed E-state index contributed by atoms with van der Waals surface area (Å²) in [7, 11) is 0. The molecule has 0 radical (unpaired) electrons. The first kappa shape index (κ1) is 18.0. The van der Waals surface area contributed by atoms with Gasteiger partial charge in [0.25, 0.3) is 0 Å². The molecule has 1 aliphatic rings. The summed E-state index contributed by atoms with van der Waals surface area (Å²) >= 11 is 5.86. The van der Waals surface area contributed by atoms with Crippen LogP contribution in [0.15, 0.2) is 60.7 Å². The number of allylic oxidation sites excluding steroid dienone is 2. The van der Waals surface area contributed by atoms with Gasteiger partial charge in [0, 0.05) is 22.5 Å². The van der Waals surface area contributed by atoms with E-state index in [0.29, 0.717) is 29.2 Å². The minimum absolute atomic E-state index is 0.0726. The van der Waals surface area contributed by atoms with E-state index in [4.69, 9.17) is 11.6 Å². The van der Waals surface area contributed by atoms with Crippen LogP contribution in [0.4, 0.5) is 11.4 Å². The van der Waals surface area contributed by atoms with Gasteiger partial charge in [0.15, 0.2) is 0 Å². The zero-order valence-electron chi connectivity index (χ0n) is 14.0. The molecular formula is C20H19ClN2O3. The molecule has 3 N–H and O–H groups in total. The maximum atomic E-state index is 12.7. The highest BCUT2D eigenvalue weighted by molar-refractivity contribution is 6.30. The molecule has 2 atom stereocenters. The van der Waals surface area contributed by atoms with E-state index >= 15 is 0 Å². The first-order chi connectivity index (χ1) is 12.5. The van der Waals surface area contributed by atoms with Crippen molar-refractivity contribution in [2.45, 2.75) is 12.8 Å². The van der Waals surface area contributed by atoms with Crippen molar-refractivity contribution in [3.63, 3.8) is 0 Å². The highest BCUT2D eigenvalue weighted by Gasteiger charge is 2.34. The van der Waals surface area contributed by atoms with Crippen molar-refractivity contribution in [2.24, 2.45) is 11.8 Å². The first-order valence-corrected chi connectivity index (χ1v) is 8.72. The minimum atomic E-state index is -0.477. The van der Waals surface area contributed by atoms with Gasteiger partial charge in [-0.1, -0.05) is 29.8 Å². The van der Waals surface area contributed by atoms with Crippen LogP contribution in [0.2, 0.25) is 5.02 Å². The van der Waals surface area contributed by atoms with Crippen molar-refractivity contribution in [3.8, 4) is 5.75 Å². The molecule has 2 amide bonds. The van der Waals surface area contributed by atoms with Gasteiger partial charge in [-0.25, -0.2) is 0 Å². The molecule has 0 aromatic heterocycles. The average molecular weight is 371 g/mol. The summed E-state index contributed by atoms with van der Waals surface area (Å²) < 4.78 is 0. The van der Waals surface area contributed by atoms with Crippen LogP contribution in [0, 0.1) is 11.8 Å².